The summed E-state index contributed by atoms with van der Waals surface area (Å²) in [4.78, 5) is 36.1. The number of carbonyl (C=O) groups excluding carboxylic acids is 1. The lowest BCUT2D eigenvalue weighted by atomic mass is 9.96. The fraction of sp³-hybridized carbons (Fsp3) is 0.688. The molecule has 14 heteroatoms. The molecule has 2 N–H and O–H groups in total. The van der Waals surface area contributed by atoms with Crippen molar-refractivity contribution >= 4 is 24.6 Å². The molecule has 0 bridgehead atoms. The maximum atomic E-state index is 14.9. The first-order valence-electron chi connectivity index (χ1n) is 8.92. The lowest BCUT2D eigenvalue weighted by molar-refractivity contribution is -0.109. The standard InChI is InChI=1S/C16H25FN3O8PS/c1-10(21)30-8-7-26-29(25,19(3)4)27-9-11-16(2,24)13(17)14(28-11)20-6-5-12(22)18-15(20)23/h5-6,11,13-14,24H,7-9H2,1-4H3,(H,18,22,23)/t11-,13-,14-,16?,29?/m1/s1. The molecular formula is C16H25FN3O8PS. The van der Waals surface area contributed by atoms with E-state index < -0.39 is 49.7 Å². The molecule has 2 unspecified atom stereocenters. The van der Waals surface area contributed by atoms with Gasteiger partial charge in [-0.1, -0.05) is 11.8 Å². The zero-order chi connectivity index (χ0) is 22.7. The Bertz CT molecular complexity index is 920. The summed E-state index contributed by atoms with van der Waals surface area (Å²) in [6, 6.07) is 1.02. The number of ether oxygens (including phenoxy) is 1. The zero-order valence-electron chi connectivity index (χ0n) is 16.9. The van der Waals surface area contributed by atoms with Crippen molar-refractivity contribution in [2.24, 2.45) is 0 Å². The number of hydrogen-bond donors (Lipinski definition) is 2. The van der Waals surface area contributed by atoms with Gasteiger partial charge < -0.3 is 9.84 Å². The van der Waals surface area contributed by atoms with Crippen LogP contribution in [-0.2, 0) is 23.1 Å². The molecule has 30 heavy (non-hydrogen) atoms. The van der Waals surface area contributed by atoms with E-state index in [-0.39, 0.29) is 17.5 Å². The Hall–Kier alpha value is -1.34. The predicted octanol–water partition coefficient (Wildman–Crippen LogP) is 0.506. The summed E-state index contributed by atoms with van der Waals surface area (Å²) in [5.41, 5.74) is -3.65. The number of rotatable bonds is 9. The van der Waals surface area contributed by atoms with Crippen molar-refractivity contribution in [2.75, 3.05) is 33.1 Å². The van der Waals surface area contributed by atoms with Crippen LogP contribution >= 0.6 is 19.5 Å². The second-order valence-electron chi connectivity index (χ2n) is 6.95. The van der Waals surface area contributed by atoms with Gasteiger partial charge in [0.15, 0.2) is 17.5 Å². The average Bonchev–Trinajstić information content (AvgIpc) is 2.86. The Morgan fingerprint density at radius 3 is 2.70 bits per heavy atom. The highest BCUT2D eigenvalue weighted by Crippen LogP contribution is 2.51. The number of halogens is 1. The van der Waals surface area contributed by atoms with Gasteiger partial charge in [-0.15, -0.1) is 0 Å². The van der Waals surface area contributed by atoms with E-state index >= 15 is 0 Å². The minimum atomic E-state index is -3.81. The van der Waals surface area contributed by atoms with Crippen LogP contribution in [0.15, 0.2) is 21.9 Å². The molecule has 0 amide bonds. The molecule has 11 nitrogen and oxygen atoms in total. The van der Waals surface area contributed by atoms with E-state index in [9.17, 15) is 28.4 Å². The average molecular weight is 469 g/mol. The highest BCUT2D eigenvalue weighted by molar-refractivity contribution is 8.13. The Morgan fingerprint density at radius 1 is 1.47 bits per heavy atom. The van der Waals surface area contributed by atoms with Crippen LogP contribution in [0.2, 0.25) is 0 Å². The molecule has 2 heterocycles. The molecule has 0 radical (unpaired) electrons. The SMILES string of the molecule is CC(=O)SCCOP(=O)(OC[C@H]1O[C@@H](n2ccc(=O)[nH]c2=O)[C@@H](F)C1(C)O)N(C)C. The lowest BCUT2D eigenvalue weighted by Gasteiger charge is -2.28. The Morgan fingerprint density at radius 2 is 2.13 bits per heavy atom. The number of alkyl halides is 1. The molecule has 0 aliphatic carbocycles. The maximum Gasteiger partial charge on any atom is 0.407 e. The van der Waals surface area contributed by atoms with Crippen LogP contribution < -0.4 is 11.2 Å². The largest absolute Gasteiger partial charge is 0.407 e. The summed E-state index contributed by atoms with van der Waals surface area (Å²) in [5.74, 6) is 0.262. The lowest BCUT2D eigenvalue weighted by Crippen LogP contribution is -2.45. The molecule has 1 aromatic heterocycles. The molecule has 1 aromatic rings. The van der Waals surface area contributed by atoms with E-state index in [1.165, 1.54) is 25.7 Å². The number of aromatic amines is 1. The topological polar surface area (TPSA) is 140 Å². The third-order valence-corrected chi connectivity index (χ3v) is 7.15. The molecule has 0 aromatic carbocycles. The number of aliphatic hydroxyl groups is 1. The summed E-state index contributed by atoms with van der Waals surface area (Å²) in [6.07, 6.45) is -3.80. The molecule has 170 valence electrons. The van der Waals surface area contributed by atoms with E-state index in [2.05, 4.69) is 0 Å². The van der Waals surface area contributed by atoms with Crippen LogP contribution in [0.5, 0.6) is 0 Å². The van der Waals surface area contributed by atoms with Crippen molar-refractivity contribution in [2.45, 2.75) is 38.0 Å². The van der Waals surface area contributed by atoms with Crippen molar-refractivity contribution < 1.29 is 32.6 Å². The summed E-state index contributed by atoms with van der Waals surface area (Å²) in [7, 11) is -0.905. The number of aromatic nitrogens is 2. The van der Waals surface area contributed by atoms with Crippen molar-refractivity contribution in [3.05, 3.63) is 33.1 Å². The number of nitrogens with one attached hydrogen (secondary N) is 1. The van der Waals surface area contributed by atoms with Crippen molar-refractivity contribution in [3.8, 4) is 0 Å². The zero-order valence-corrected chi connectivity index (χ0v) is 18.7. The number of nitrogens with zero attached hydrogens (tertiary/aromatic N) is 2. The maximum absolute atomic E-state index is 14.9. The Labute approximate surface area is 176 Å². The van der Waals surface area contributed by atoms with Gasteiger partial charge in [0.2, 0.25) is 0 Å². The van der Waals surface area contributed by atoms with Crippen LogP contribution in [-0.4, -0.2) is 75.4 Å². The minimum Gasteiger partial charge on any atom is -0.384 e. The monoisotopic (exact) mass is 469 g/mol. The van der Waals surface area contributed by atoms with Gasteiger partial charge in [0.05, 0.1) is 13.2 Å². The first-order chi connectivity index (χ1) is 13.9. The van der Waals surface area contributed by atoms with Gasteiger partial charge in [0.1, 0.15) is 11.7 Å². The number of H-pyrrole nitrogens is 1. The van der Waals surface area contributed by atoms with E-state index in [4.69, 9.17) is 13.8 Å². The smallest absolute Gasteiger partial charge is 0.384 e. The molecule has 1 saturated heterocycles. The predicted molar refractivity (Wildman–Crippen MR) is 107 cm³/mol. The fourth-order valence-corrected chi connectivity index (χ4v) is 4.41. The second kappa shape index (κ2) is 9.86. The van der Waals surface area contributed by atoms with Gasteiger partial charge >= 0.3 is 13.4 Å². The van der Waals surface area contributed by atoms with E-state index in [1.807, 2.05) is 4.98 Å². The van der Waals surface area contributed by atoms with Gasteiger partial charge in [-0.05, 0) is 21.0 Å². The summed E-state index contributed by atoms with van der Waals surface area (Å²) < 4.78 is 45.9. The van der Waals surface area contributed by atoms with E-state index in [0.29, 0.717) is 0 Å². The normalized spacial score (nSPS) is 28.6. The van der Waals surface area contributed by atoms with Crippen LogP contribution in [0.3, 0.4) is 0 Å². The second-order valence-corrected chi connectivity index (χ2v) is 10.5. The molecule has 0 saturated carbocycles. The van der Waals surface area contributed by atoms with Crippen molar-refractivity contribution in [3.63, 3.8) is 0 Å². The molecule has 1 fully saturated rings. The summed E-state index contributed by atoms with van der Waals surface area (Å²) in [6.45, 7) is 2.01. The molecule has 5 atom stereocenters. The highest BCUT2D eigenvalue weighted by atomic mass is 32.2. The van der Waals surface area contributed by atoms with Gasteiger partial charge in [-0.25, -0.2) is 18.4 Å². The number of carbonyl (C=O) groups is 1. The van der Waals surface area contributed by atoms with E-state index in [1.54, 1.807) is 0 Å². The Balaban J connectivity index is 2.10. The third-order valence-electron chi connectivity index (χ3n) is 4.41. The Kier molecular flexibility index (Phi) is 8.19. The first-order valence-corrected chi connectivity index (χ1v) is 11.4. The van der Waals surface area contributed by atoms with Gasteiger partial charge in [0, 0.05) is 24.9 Å². The summed E-state index contributed by atoms with van der Waals surface area (Å²) in [5, 5.41) is 10.4. The van der Waals surface area contributed by atoms with Gasteiger partial charge in [-0.2, -0.15) is 0 Å². The first kappa shape index (κ1) is 24.9. The molecule has 1 aliphatic rings. The minimum absolute atomic E-state index is 0.0389. The highest BCUT2D eigenvalue weighted by Gasteiger charge is 2.55. The fourth-order valence-electron chi connectivity index (χ4n) is 2.65. The van der Waals surface area contributed by atoms with Crippen LogP contribution in [0.4, 0.5) is 4.39 Å². The number of thioether (sulfide) groups is 1. The van der Waals surface area contributed by atoms with Crippen LogP contribution in [0.1, 0.15) is 20.1 Å². The third kappa shape index (κ3) is 5.67. The molecule has 0 spiro atoms. The summed E-state index contributed by atoms with van der Waals surface area (Å²) >= 11 is 0.996. The van der Waals surface area contributed by atoms with Crippen molar-refractivity contribution in [1.29, 1.82) is 0 Å². The number of hydrogen-bond acceptors (Lipinski definition) is 9. The van der Waals surface area contributed by atoms with Crippen LogP contribution in [0, 0.1) is 0 Å². The quantitative estimate of drug-likeness (QED) is 0.388. The van der Waals surface area contributed by atoms with E-state index in [0.717, 1.165) is 35.5 Å². The molecular weight excluding hydrogens is 444 g/mol. The molecule has 2 rings (SSSR count). The van der Waals surface area contributed by atoms with Crippen molar-refractivity contribution in [1.82, 2.24) is 14.2 Å². The molecule has 1 aliphatic heterocycles. The van der Waals surface area contributed by atoms with Crippen LogP contribution in [0.25, 0.3) is 0 Å². The van der Waals surface area contributed by atoms with Gasteiger partial charge in [0.25, 0.3) is 5.56 Å². The van der Waals surface area contributed by atoms with Gasteiger partial charge in [-0.3, -0.25) is 28.2 Å².